The normalized spacial score (nSPS) is 10.2. The maximum absolute atomic E-state index is 12.1. The topological polar surface area (TPSA) is 109 Å². The number of pyridine rings is 1. The summed E-state index contributed by atoms with van der Waals surface area (Å²) in [7, 11) is 0. The van der Waals surface area contributed by atoms with Gasteiger partial charge in [0.25, 0.3) is 0 Å². The molecule has 2 aromatic rings. The Morgan fingerprint density at radius 2 is 1.96 bits per heavy atom. The van der Waals surface area contributed by atoms with Gasteiger partial charge in [0, 0.05) is 24.4 Å². The molecule has 0 aliphatic heterocycles. The van der Waals surface area contributed by atoms with Crippen molar-refractivity contribution in [3.63, 3.8) is 0 Å². The van der Waals surface area contributed by atoms with E-state index in [1.54, 1.807) is 6.92 Å². The number of esters is 1. The van der Waals surface area contributed by atoms with Crippen molar-refractivity contribution in [2.45, 2.75) is 13.3 Å². The van der Waals surface area contributed by atoms with Crippen molar-refractivity contribution in [1.29, 1.82) is 0 Å². The molecule has 2 N–H and O–H groups in total. The van der Waals surface area contributed by atoms with Gasteiger partial charge in [-0.25, -0.2) is 4.79 Å². The van der Waals surface area contributed by atoms with Crippen molar-refractivity contribution in [1.82, 2.24) is 4.98 Å². The van der Waals surface area contributed by atoms with Crippen molar-refractivity contribution in [2.75, 3.05) is 13.2 Å². The molecule has 0 aliphatic rings. The van der Waals surface area contributed by atoms with Gasteiger partial charge in [0.15, 0.2) is 5.78 Å². The van der Waals surface area contributed by atoms with E-state index in [9.17, 15) is 14.4 Å². The SMILES string of the molecule is CCOC(=O)c1cc(OCC(=O)Cc2cnccc2C(N)=O)ccc1Cl. The Hall–Kier alpha value is -2.93. The Morgan fingerprint density at radius 1 is 1.19 bits per heavy atom. The second-order valence-electron chi connectivity index (χ2n) is 5.26. The van der Waals surface area contributed by atoms with Crippen LogP contribution in [0.1, 0.15) is 33.2 Å². The van der Waals surface area contributed by atoms with E-state index in [4.69, 9.17) is 26.8 Å². The first kappa shape index (κ1) is 19.4. The number of ether oxygens (including phenoxy) is 2. The van der Waals surface area contributed by atoms with Crippen LogP contribution in [0.5, 0.6) is 5.75 Å². The van der Waals surface area contributed by atoms with Crippen LogP contribution in [0.25, 0.3) is 0 Å². The van der Waals surface area contributed by atoms with Gasteiger partial charge in [0.05, 0.1) is 17.2 Å². The van der Waals surface area contributed by atoms with Crippen molar-refractivity contribution < 1.29 is 23.9 Å². The molecule has 7 nitrogen and oxygen atoms in total. The van der Waals surface area contributed by atoms with E-state index in [0.29, 0.717) is 11.3 Å². The molecule has 1 aromatic heterocycles. The summed E-state index contributed by atoms with van der Waals surface area (Å²) in [5.41, 5.74) is 6.10. The lowest BCUT2D eigenvalue weighted by Gasteiger charge is -2.09. The number of carbonyl (C=O) groups is 3. The Bertz CT molecular complexity index is 838. The second-order valence-corrected chi connectivity index (χ2v) is 5.67. The fraction of sp³-hybridized carbons (Fsp3) is 0.222. The molecule has 0 atom stereocenters. The van der Waals surface area contributed by atoms with Gasteiger partial charge in [0.1, 0.15) is 12.4 Å². The number of amides is 1. The molecule has 1 amide bonds. The lowest BCUT2D eigenvalue weighted by atomic mass is 10.1. The Balaban J connectivity index is 2.03. The molecule has 0 fully saturated rings. The van der Waals surface area contributed by atoms with Gasteiger partial charge < -0.3 is 15.2 Å². The number of Topliss-reactive ketones (excluding diaryl/α,β-unsaturated/α-hetero) is 1. The molecule has 0 aliphatic carbocycles. The summed E-state index contributed by atoms with van der Waals surface area (Å²) in [5, 5.41) is 0.226. The summed E-state index contributed by atoms with van der Waals surface area (Å²) in [4.78, 5) is 39.2. The third kappa shape index (κ3) is 5.03. The number of rotatable bonds is 8. The summed E-state index contributed by atoms with van der Waals surface area (Å²) in [5.74, 6) is -1.19. The highest BCUT2D eigenvalue weighted by Crippen LogP contribution is 2.23. The van der Waals surface area contributed by atoms with Gasteiger partial charge in [-0.1, -0.05) is 11.6 Å². The molecule has 0 spiro atoms. The summed E-state index contributed by atoms with van der Waals surface area (Å²) in [6.07, 6.45) is 2.79. The molecule has 0 saturated carbocycles. The molecule has 0 bridgehead atoms. The van der Waals surface area contributed by atoms with Crippen LogP contribution < -0.4 is 10.5 Å². The van der Waals surface area contributed by atoms with E-state index in [1.165, 1.54) is 36.7 Å². The molecule has 2 rings (SSSR count). The molecule has 0 unspecified atom stereocenters. The fourth-order valence-corrected chi connectivity index (χ4v) is 2.39. The summed E-state index contributed by atoms with van der Waals surface area (Å²) in [6.45, 7) is 1.65. The number of hydrogen-bond donors (Lipinski definition) is 1. The van der Waals surface area contributed by atoms with Gasteiger partial charge in [-0.15, -0.1) is 0 Å². The smallest absolute Gasteiger partial charge is 0.339 e. The van der Waals surface area contributed by atoms with Gasteiger partial charge in [-0.05, 0) is 36.8 Å². The first-order chi connectivity index (χ1) is 12.4. The summed E-state index contributed by atoms with van der Waals surface area (Å²) >= 11 is 5.97. The highest BCUT2D eigenvalue weighted by Gasteiger charge is 2.15. The molecular formula is C18H17ClN2O5. The van der Waals surface area contributed by atoms with E-state index in [2.05, 4.69) is 4.98 Å². The van der Waals surface area contributed by atoms with E-state index < -0.39 is 11.9 Å². The summed E-state index contributed by atoms with van der Waals surface area (Å²) in [6, 6.07) is 5.89. The van der Waals surface area contributed by atoms with E-state index in [0.717, 1.165) is 0 Å². The Labute approximate surface area is 155 Å². The average Bonchev–Trinajstić information content (AvgIpc) is 2.61. The van der Waals surface area contributed by atoms with Crippen molar-refractivity contribution in [3.8, 4) is 5.75 Å². The zero-order valence-electron chi connectivity index (χ0n) is 14.0. The predicted octanol–water partition coefficient (Wildman–Crippen LogP) is 2.20. The predicted molar refractivity (Wildman–Crippen MR) is 94.4 cm³/mol. The average molecular weight is 377 g/mol. The zero-order valence-corrected chi connectivity index (χ0v) is 14.8. The fourth-order valence-electron chi connectivity index (χ4n) is 2.20. The number of hydrogen-bond acceptors (Lipinski definition) is 6. The molecule has 8 heteroatoms. The van der Waals surface area contributed by atoms with Crippen LogP contribution in [-0.4, -0.2) is 35.9 Å². The van der Waals surface area contributed by atoms with E-state index in [-0.39, 0.29) is 41.6 Å². The first-order valence-electron chi connectivity index (χ1n) is 7.76. The third-order valence-corrected chi connectivity index (χ3v) is 3.72. The molecule has 1 heterocycles. The molecular weight excluding hydrogens is 360 g/mol. The first-order valence-corrected chi connectivity index (χ1v) is 8.14. The lowest BCUT2D eigenvalue weighted by Crippen LogP contribution is -2.19. The maximum Gasteiger partial charge on any atom is 0.339 e. The molecule has 0 radical (unpaired) electrons. The molecule has 1 aromatic carbocycles. The summed E-state index contributed by atoms with van der Waals surface area (Å²) < 4.78 is 10.3. The standard InChI is InChI=1S/C18H17ClN2O5/c1-2-25-18(24)15-8-13(3-4-16(15)19)26-10-12(22)7-11-9-21-6-5-14(11)17(20)23/h3-6,8-9H,2,7,10H2,1H3,(H2,20,23). The number of carbonyl (C=O) groups excluding carboxylic acids is 3. The number of primary amides is 1. The third-order valence-electron chi connectivity index (χ3n) is 3.39. The van der Waals surface area contributed by atoms with Crippen LogP contribution in [0.15, 0.2) is 36.7 Å². The van der Waals surface area contributed by atoms with Gasteiger partial charge in [-0.3, -0.25) is 14.6 Å². The van der Waals surface area contributed by atoms with Crippen LogP contribution in [0.3, 0.4) is 0 Å². The van der Waals surface area contributed by atoms with Crippen LogP contribution in [0, 0.1) is 0 Å². The van der Waals surface area contributed by atoms with Crippen LogP contribution >= 0.6 is 11.6 Å². The number of ketones is 1. The van der Waals surface area contributed by atoms with E-state index >= 15 is 0 Å². The minimum Gasteiger partial charge on any atom is -0.486 e. The molecule has 0 saturated heterocycles. The van der Waals surface area contributed by atoms with Crippen LogP contribution in [-0.2, 0) is 16.0 Å². The van der Waals surface area contributed by atoms with Gasteiger partial charge in [0.2, 0.25) is 5.91 Å². The van der Waals surface area contributed by atoms with Crippen LogP contribution in [0.4, 0.5) is 0 Å². The van der Waals surface area contributed by atoms with Crippen molar-refractivity contribution in [3.05, 3.63) is 58.4 Å². The largest absolute Gasteiger partial charge is 0.486 e. The number of nitrogens with zero attached hydrogens (tertiary/aromatic N) is 1. The van der Waals surface area contributed by atoms with Crippen molar-refractivity contribution in [2.24, 2.45) is 5.73 Å². The van der Waals surface area contributed by atoms with Gasteiger partial charge >= 0.3 is 5.97 Å². The number of aromatic nitrogens is 1. The zero-order chi connectivity index (χ0) is 19.1. The highest BCUT2D eigenvalue weighted by molar-refractivity contribution is 6.33. The number of benzene rings is 1. The minimum atomic E-state index is -0.632. The minimum absolute atomic E-state index is 0.0512. The van der Waals surface area contributed by atoms with Crippen molar-refractivity contribution >= 4 is 29.3 Å². The highest BCUT2D eigenvalue weighted by atomic mass is 35.5. The quantitative estimate of drug-likeness (QED) is 0.707. The van der Waals surface area contributed by atoms with Crippen LogP contribution in [0.2, 0.25) is 5.02 Å². The molecule has 136 valence electrons. The number of halogens is 1. The second kappa shape index (κ2) is 8.96. The Morgan fingerprint density at radius 3 is 2.65 bits per heavy atom. The molecule has 26 heavy (non-hydrogen) atoms. The number of nitrogens with two attached hydrogens (primary N) is 1. The van der Waals surface area contributed by atoms with Gasteiger partial charge in [-0.2, -0.15) is 0 Å². The lowest BCUT2D eigenvalue weighted by molar-refractivity contribution is -0.120. The Kier molecular flexibility index (Phi) is 6.68. The maximum atomic E-state index is 12.1. The van der Waals surface area contributed by atoms with E-state index in [1.807, 2.05) is 0 Å². The monoisotopic (exact) mass is 376 g/mol.